The maximum Gasteiger partial charge on any atom is 0.433 e. The number of nitro groups is 1. The van der Waals surface area contributed by atoms with Gasteiger partial charge in [0.25, 0.3) is 0 Å². The van der Waals surface area contributed by atoms with Crippen molar-refractivity contribution >= 4 is 23.4 Å². The van der Waals surface area contributed by atoms with E-state index in [1.54, 1.807) is 0 Å². The van der Waals surface area contributed by atoms with Crippen LogP contribution >= 0.6 is 11.8 Å². The summed E-state index contributed by atoms with van der Waals surface area (Å²) in [6.07, 6.45) is -4.51. The number of aliphatic carboxylic acids is 1. The lowest BCUT2D eigenvalue weighted by Crippen LogP contribution is -2.09. The Morgan fingerprint density at radius 3 is 2.63 bits per heavy atom. The van der Waals surface area contributed by atoms with Crippen molar-refractivity contribution in [3.63, 3.8) is 0 Å². The lowest BCUT2D eigenvalue weighted by molar-refractivity contribution is -0.388. The van der Waals surface area contributed by atoms with E-state index in [9.17, 15) is 28.1 Å². The molecule has 0 bridgehead atoms. The fourth-order valence-corrected chi connectivity index (χ4v) is 2.05. The highest BCUT2D eigenvalue weighted by molar-refractivity contribution is 7.99. The summed E-state index contributed by atoms with van der Waals surface area (Å²) in [4.78, 5) is 22.8. The number of aromatic nitrogens is 1. The van der Waals surface area contributed by atoms with Crippen LogP contribution in [0.1, 0.15) is 12.1 Å². The van der Waals surface area contributed by atoms with E-state index < -0.39 is 28.5 Å². The van der Waals surface area contributed by atoms with Crippen LogP contribution in [0.2, 0.25) is 0 Å². The zero-order valence-electron chi connectivity index (χ0n) is 9.18. The largest absolute Gasteiger partial charge is 0.481 e. The maximum absolute atomic E-state index is 12.4. The third-order valence-electron chi connectivity index (χ3n) is 1.91. The maximum atomic E-state index is 12.4. The molecule has 0 amide bonds. The second-order valence-electron chi connectivity index (χ2n) is 3.28. The number of pyridine rings is 1. The fraction of sp³-hybridized carbons (Fsp3) is 0.333. The number of hydrogen-bond donors (Lipinski definition) is 1. The van der Waals surface area contributed by atoms with Crippen molar-refractivity contribution in [3.8, 4) is 0 Å². The molecule has 0 radical (unpaired) electrons. The van der Waals surface area contributed by atoms with Crippen LogP contribution in [0.5, 0.6) is 0 Å². The van der Waals surface area contributed by atoms with Gasteiger partial charge in [-0.05, 0) is 6.07 Å². The second-order valence-corrected chi connectivity index (χ2v) is 4.42. The summed E-state index contributed by atoms with van der Waals surface area (Å²) in [6, 6.07) is 0.546. The number of carboxylic acids is 1. The Morgan fingerprint density at radius 1 is 1.53 bits per heavy atom. The van der Waals surface area contributed by atoms with E-state index in [1.165, 1.54) is 0 Å². The van der Waals surface area contributed by atoms with Crippen LogP contribution in [0, 0.1) is 10.1 Å². The molecule has 0 fully saturated rings. The third-order valence-corrected chi connectivity index (χ3v) is 2.95. The van der Waals surface area contributed by atoms with Gasteiger partial charge in [-0.25, -0.2) is 4.98 Å². The van der Waals surface area contributed by atoms with E-state index >= 15 is 0 Å². The average Bonchev–Trinajstić information content (AvgIpc) is 2.26. The van der Waals surface area contributed by atoms with Crippen molar-refractivity contribution in [2.45, 2.75) is 17.5 Å². The van der Waals surface area contributed by atoms with Crippen LogP contribution < -0.4 is 0 Å². The molecule has 0 aliphatic rings. The average molecular weight is 296 g/mol. The normalized spacial score (nSPS) is 11.3. The van der Waals surface area contributed by atoms with Gasteiger partial charge < -0.3 is 5.11 Å². The summed E-state index contributed by atoms with van der Waals surface area (Å²) < 4.78 is 37.2. The molecule has 0 saturated carbocycles. The molecule has 0 saturated heterocycles. The van der Waals surface area contributed by atoms with E-state index in [4.69, 9.17) is 5.11 Å². The molecule has 1 heterocycles. The summed E-state index contributed by atoms with van der Waals surface area (Å²) in [5.74, 6) is -1.21. The molecule has 1 aromatic heterocycles. The Hall–Kier alpha value is -1.84. The number of carbonyl (C=O) groups is 1. The van der Waals surface area contributed by atoms with Gasteiger partial charge in [0.1, 0.15) is 11.9 Å². The summed E-state index contributed by atoms with van der Waals surface area (Å²) in [6.45, 7) is 0. The predicted molar refractivity (Wildman–Crippen MR) is 58.9 cm³/mol. The number of carboxylic acid groups (broad SMARTS) is 1. The van der Waals surface area contributed by atoms with Gasteiger partial charge in [-0.3, -0.25) is 14.9 Å². The Labute approximate surface area is 108 Å². The summed E-state index contributed by atoms with van der Waals surface area (Å²) in [5, 5.41) is 19.0. The van der Waals surface area contributed by atoms with Crippen LogP contribution in [-0.2, 0) is 11.0 Å². The van der Waals surface area contributed by atoms with Gasteiger partial charge in [0, 0.05) is 5.75 Å². The third kappa shape index (κ3) is 4.39. The van der Waals surface area contributed by atoms with E-state index in [0.717, 1.165) is 0 Å². The van der Waals surface area contributed by atoms with Gasteiger partial charge in [0.15, 0.2) is 0 Å². The Morgan fingerprint density at radius 2 is 2.16 bits per heavy atom. The van der Waals surface area contributed by atoms with E-state index in [2.05, 4.69) is 4.98 Å². The minimum Gasteiger partial charge on any atom is -0.481 e. The highest BCUT2D eigenvalue weighted by atomic mass is 32.2. The van der Waals surface area contributed by atoms with E-state index in [1.807, 2.05) is 0 Å². The van der Waals surface area contributed by atoms with Crippen LogP contribution in [0.3, 0.4) is 0 Å². The number of rotatable bonds is 5. The Bertz CT molecular complexity index is 507. The molecule has 1 rings (SSSR count). The monoisotopic (exact) mass is 296 g/mol. The van der Waals surface area contributed by atoms with Crippen molar-refractivity contribution in [2.75, 3.05) is 5.75 Å². The lowest BCUT2D eigenvalue weighted by Gasteiger charge is -2.07. The van der Waals surface area contributed by atoms with Crippen molar-refractivity contribution in [1.82, 2.24) is 4.98 Å². The first kappa shape index (κ1) is 15.2. The molecule has 19 heavy (non-hydrogen) atoms. The van der Waals surface area contributed by atoms with Crippen LogP contribution in [0.15, 0.2) is 17.2 Å². The van der Waals surface area contributed by atoms with Gasteiger partial charge in [-0.15, -0.1) is 11.8 Å². The smallest absolute Gasteiger partial charge is 0.433 e. The van der Waals surface area contributed by atoms with E-state index in [0.29, 0.717) is 24.0 Å². The molecule has 1 aromatic rings. The van der Waals surface area contributed by atoms with E-state index in [-0.39, 0.29) is 17.1 Å². The highest BCUT2D eigenvalue weighted by Crippen LogP contribution is 2.35. The number of nitrogens with zero attached hydrogens (tertiary/aromatic N) is 2. The first-order chi connectivity index (χ1) is 8.71. The summed E-state index contributed by atoms with van der Waals surface area (Å²) >= 11 is 0.671. The van der Waals surface area contributed by atoms with Gasteiger partial charge in [0.2, 0.25) is 0 Å². The van der Waals surface area contributed by atoms with Gasteiger partial charge >= 0.3 is 17.8 Å². The van der Waals surface area contributed by atoms with Crippen molar-refractivity contribution in [3.05, 3.63) is 28.1 Å². The number of alkyl halides is 3. The quantitative estimate of drug-likeness (QED) is 0.510. The van der Waals surface area contributed by atoms with Crippen molar-refractivity contribution in [2.24, 2.45) is 0 Å². The summed E-state index contributed by atoms with van der Waals surface area (Å²) in [7, 11) is 0. The molecule has 104 valence electrons. The standard InChI is InChI=1S/C9H7F3N2O4S/c10-9(11,12)7-3-6(19-2-1-8(15)16)5(4-13-7)14(17)18/h3-4H,1-2H2,(H,15,16). The van der Waals surface area contributed by atoms with Gasteiger partial charge in [0.05, 0.1) is 16.2 Å². The van der Waals surface area contributed by atoms with Crippen molar-refractivity contribution in [1.29, 1.82) is 0 Å². The summed E-state index contributed by atoms with van der Waals surface area (Å²) in [5.41, 5.74) is -1.83. The molecular formula is C9H7F3N2O4S. The molecular weight excluding hydrogens is 289 g/mol. The predicted octanol–water partition coefficient (Wildman–Crippen LogP) is 2.58. The first-order valence-electron chi connectivity index (χ1n) is 4.78. The van der Waals surface area contributed by atoms with Crippen molar-refractivity contribution < 1.29 is 28.0 Å². The van der Waals surface area contributed by atoms with Crippen LogP contribution in [0.4, 0.5) is 18.9 Å². The Kier molecular flexibility index (Phi) is 4.70. The number of halogens is 3. The molecule has 6 nitrogen and oxygen atoms in total. The van der Waals surface area contributed by atoms with Crippen LogP contribution in [0.25, 0.3) is 0 Å². The number of hydrogen-bond acceptors (Lipinski definition) is 5. The molecule has 0 spiro atoms. The molecule has 0 unspecified atom stereocenters. The molecule has 10 heteroatoms. The number of thioether (sulfide) groups is 1. The lowest BCUT2D eigenvalue weighted by atomic mass is 10.3. The first-order valence-corrected chi connectivity index (χ1v) is 5.76. The Balaban J connectivity index is 3.02. The van der Waals surface area contributed by atoms with Gasteiger partial charge in [-0.1, -0.05) is 0 Å². The molecule has 1 N–H and O–H groups in total. The second kappa shape index (κ2) is 5.87. The SMILES string of the molecule is O=C(O)CCSc1cc(C(F)(F)F)ncc1[N+](=O)[O-]. The van der Waals surface area contributed by atoms with Gasteiger partial charge in [-0.2, -0.15) is 13.2 Å². The molecule has 0 aromatic carbocycles. The topological polar surface area (TPSA) is 93.3 Å². The zero-order chi connectivity index (χ0) is 14.6. The minimum atomic E-state index is -4.71. The highest BCUT2D eigenvalue weighted by Gasteiger charge is 2.34. The molecule has 0 aliphatic heterocycles. The van der Waals surface area contributed by atoms with Crippen LogP contribution in [-0.4, -0.2) is 26.7 Å². The zero-order valence-corrected chi connectivity index (χ0v) is 9.99. The molecule has 0 aliphatic carbocycles. The molecule has 0 atom stereocenters. The fourth-order valence-electron chi connectivity index (χ4n) is 1.09. The minimum absolute atomic E-state index is 0.0719.